The Morgan fingerprint density at radius 2 is 1.73 bits per heavy atom. The Labute approximate surface area is 132 Å². The number of esters is 1. The third-order valence-corrected chi connectivity index (χ3v) is 3.62. The molecule has 1 unspecified atom stereocenters. The van der Waals surface area contributed by atoms with E-state index < -0.39 is 17.9 Å². The Morgan fingerprint density at radius 1 is 1.09 bits per heavy atom. The van der Waals surface area contributed by atoms with Gasteiger partial charge in [0.15, 0.2) is 0 Å². The maximum absolute atomic E-state index is 11.6. The van der Waals surface area contributed by atoms with E-state index in [0.29, 0.717) is 23.7 Å². The first-order valence-corrected chi connectivity index (χ1v) is 7.92. The van der Waals surface area contributed by atoms with Gasteiger partial charge in [0.2, 0.25) is 0 Å². The van der Waals surface area contributed by atoms with Crippen LogP contribution in [0.25, 0.3) is 0 Å². The predicted molar refractivity (Wildman–Crippen MR) is 86.1 cm³/mol. The van der Waals surface area contributed by atoms with Crippen LogP contribution in [0.3, 0.4) is 0 Å². The molecule has 1 atom stereocenters. The van der Waals surface area contributed by atoms with E-state index in [1.807, 2.05) is 0 Å². The zero-order valence-electron chi connectivity index (χ0n) is 13.7. The summed E-state index contributed by atoms with van der Waals surface area (Å²) >= 11 is 0. The molecule has 22 heavy (non-hydrogen) atoms. The molecule has 0 aliphatic carbocycles. The smallest absolute Gasteiger partial charge is 0.311 e. The fraction of sp³-hybridized carbons (Fsp3) is 0.556. The number of hydrogen-bond donors (Lipinski definition) is 1. The van der Waals surface area contributed by atoms with Crippen LogP contribution >= 0.6 is 0 Å². The summed E-state index contributed by atoms with van der Waals surface area (Å²) in [5.41, 5.74) is 0.578. The number of aliphatic carboxylic acids is 1. The molecular formula is C18H26O4. The van der Waals surface area contributed by atoms with Crippen molar-refractivity contribution in [3.05, 3.63) is 29.8 Å². The molecule has 0 radical (unpaired) electrons. The molecular weight excluding hydrogens is 280 g/mol. The van der Waals surface area contributed by atoms with Crippen molar-refractivity contribution in [2.24, 2.45) is 5.92 Å². The Kier molecular flexibility index (Phi) is 7.64. The van der Waals surface area contributed by atoms with E-state index in [-0.39, 0.29) is 0 Å². The number of carboxylic acid groups (broad SMARTS) is 1. The van der Waals surface area contributed by atoms with Crippen molar-refractivity contribution in [3.63, 3.8) is 0 Å². The van der Waals surface area contributed by atoms with Gasteiger partial charge in [-0.25, -0.2) is 0 Å². The number of carbonyl (C=O) groups excluding carboxylic acids is 1. The van der Waals surface area contributed by atoms with Crippen molar-refractivity contribution in [3.8, 4) is 5.75 Å². The molecule has 4 nitrogen and oxygen atoms in total. The first-order chi connectivity index (χ1) is 10.4. The second kappa shape index (κ2) is 9.23. The summed E-state index contributed by atoms with van der Waals surface area (Å²) in [4.78, 5) is 22.7. The highest BCUT2D eigenvalue weighted by Crippen LogP contribution is 2.31. The van der Waals surface area contributed by atoms with Gasteiger partial charge in [-0.2, -0.15) is 0 Å². The van der Waals surface area contributed by atoms with Gasteiger partial charge in [0, 0.05) is 12.5 Å². The third-order valence-electron chi connectivity index (χ3n) is 3.62. The van der Waals surface area contributed by atoms with E-state index in [4.69, 9.17) is 4.74 Å². The minimum Gasteiger partial charge on any atom is -0.481 e. The maximum atomic E-state index is 11.6. The molecule has 0 spiro atoms. The molecule has 0 aliphatic rings. The zero-order chi connectivity index (χ0) is 16.5. The van der Waals surface area contributed by atoms with Gasteiger partial charge >= 0.3 is 11.9 Å². The Morgan fingerprint density at radius 3 is 2.32 bits per heavy atom. The Hall–Kier alpha value is -1.84. The number of rotatable bonds is 9. The maximum Gasteiger partial charge on any atom is 0.311 e. The number of unbranched alkanes of at least 4 members (excludes halogenated alkanes) is 2. The summed E-state index contributed by atoms with van der Waals surface area (Å²) in [5.74, 6) is -0.906. The first-order valence-electron chi connectivity index (χ1n) is 7.92. The minimum atomic E-state index is -0.872. The van der Waals surface area contributed by atoms with E-state index in [0.717, 1.165) is 19.3 Å². The number of hydrogen-bond acceptors (Lipinski definition) is 3. The van der Waals surface area contributed by atoms with Crippen LogP contribution in [0.5, 0.6) is 5.75 Å². The van der Waals surface area contributed by atoms with Gasteiger partial charge in [0.05, 0.1) is 5.92 Å². The van der Waals surface area contributed by atoms with Crippen molar-refractivity contribution in [2.45, 2.75) is 58.8 Å². The third kappa shape index (κ3) is 6.29. The van der Waals surface area contributed by atoms with Gasteiger partial charge in [-0.05, 0) is 18.4 Å². The van der Waals surface area contributed by atoms with Gasteiger partial charge in [-0.3, -0.25) is 9.59 Å². The van der Waals surface area contributed by atoms with Crippen molar-refractivity contribution in [2.75, 3.05) is 0 Å². The molecule has 1 aromatic carbocycles. The molecule has 122 valence electrons. The summed E-state index contributed by atoms with van der Waals surface area (Å²) in [6, 6.07) is 6.89. The van der Waals surface area contributed by atoms with E-state index in [2.05, 4.69) is 13.8 Å². The second-order valence-electron chi connectivity index (χ2n) is 6.05. The SMILES string of the molecule is CC(=O)Oc1ccccc1C(CCCCCC(C)C)C(=O)O. The van der Waals surface area contributed by atoms with Crippen molar-refractivity contribution < 1.29 is 19.4 Å². The monoisotopic (exact) mass is 306 g/mol. The summed E-state index contributed by atoms with van der Waals surface area (Å²) < 4.78 is 5.13. The summed E-state index contributed by atoms with van der Waals surface area (Å²) in [5, 5.41) is 9.49. The normalized spacial score (nSPS) is 12.2. The fourth-order valence-corrected chi connectivity index (χ4v) is 2.51. The fourth-order valence-electron chi connectivity index (χ4n) is 2.51. The quantitative estimate of drug-likeness (QED) is 0.417. The zero-order valence-corrected chi connectivity index (χ0v) is 13.7. The average Bonchev–Trinajstić information content (AvgIpc) is 2.42. The molecule has 0 aromatic heterocycles. The molecule has 0 saturated carbocycles. The van der Waals surface area contributed by atoms with Gasteiger partial charge in [0.25, 0.3) is 0 Å². The number of ether oxygens (including phenoxy) is 1. The molecule has 1 rings (SSSR count). The van der Waals surface area contributed by atoms with E-state index >= 15 is 0 Å². The molecule has 0 bridgehead atoms. The molecule has 0 amide bonds. The Balaban J connectivity index is 2.71. The summed E-state index contributed by atoms with van der Waals surface area (Å²) in [6.07, 6.45) is 4.73. The van der Waals surface area contributed by atoms with Crippen molar-refractivity contribution in [1.29, 1.82) is 0 Å². The van der Waals surface area contributed by atoms with Crippen LogP contribution in [0.15, 0.2) is 24.3 Å². The highest BCUT2D eigenvalue weighted by atomic mass is 16.5. The van der Waals surface area contributed by atoms with Gasteiger partial charge in [0.1, 0.15) is 5.75 Å². The van der Waals surface area contributed by atoms with Crippen LogP contribution in [0.4, 0.5) is 0 Å². The number of benzene rings is 1. The number of carboxylic acids is 1. The molecule has 0 fully saturated rings. The van der Waals surface area contributed by atoms with E-state index in [9.17, 15) is 14.7 Å². The number of carbonyl (C=O) groups is 2. The number of para-hydroxylation sites is 1. The van der Waals surface area contributed by atoms with Crippen LogP contribution < -0.4 is 4.74 Å². The van der Waals surface area contributed by atoms with Crippen LogP contribution in [0.1, 0.15) is 64.4 Å². The van der Waals surface area contributed by atoms with Gasteiger partial charge in [-0.1, -0.05) is 57.7 Å². The summed E-state index contributed by atoms with van der Waals surface area (Å²) in [7, 11) is 0. The lowest BCUT2D eigenvalue weighted by Gasteiger charge is -2.16. The van der Waals surface area contributed by atoms with Crippen LogP contribution in [0.2, 0.25) is 0 Å². The van der Waals surface area contributed by atoms with Crippen molar-refractivity contribution >= 4 is 11.9 Å². The van der Waals surface area contributed by atoms with Crippen LogP contribution in [-0.2, 0) is 9.59 Å². The lowest BCUT2D eigenvalue weighted by atomic mass is 9.92. The molecule has 4 heteroatoms. The highest BCUT2D eigenvalue weighted by Gasteiger charge is 2.23. The highest BCUT2D eigenvalue weighted by molar-refractivity contribution is 5.78. The van der Waals surface area contributed by atoms with Gasteiger partial charge in [-0.15, -0.1) is 0 Å². The van der Waals surface area contributed by atoms with E-state index in [1.54, 1.807) is 24.3 Å². The van der Waals surface area contributed by atoms with Crippen LogP contribution in [-0.4, -0.2) is 17.0 Å². The molecule has 0 heterocycles. The molecule has 0 saturated heterocycles. The van der Waals surface area contributed by atoms with Crippen LogP contribution in [0, 0.1) is 5.92 Å². The van der Waals surface area contributed by atoms with Gasteiger partial charge < -0.3 is 9.84 Å². The first kappa shape index (κ1) is 18.2. The minimum absolute atomic E-state index is 0.351. The summed E-state index contributed by atoms with van der Waals surface area (Å²) in [6.45, 7) is 5.70. The lowest BCUT2D eigenvalue weighted by molar-refractivity contribution is -0.139. The molecule has 1 aromatic rings. The molecule has 1 N–H and O–H groups in total. The van der Waals surface area contributed by atoms with E-state index in [1.165, 1.54) is 13.3 Å². The second-order valence-corrected chi connectivity index (χ2v) is 6.05. The standard InChI is InChI=1S/C18H26O4/c1-13(2)9-5-4-6-11-16(18(20)21)15-10-7-8-12-17(15)22-14(3)19/h7-8,10,12-13,16H,4-6,9,11H2,1-3H3,(H,20,21). The topological polar surface area (TPSA) is 63.6 Å². The lowest BCUT2D eigenvalue weighted by Crippen LogP contribution is -2.14. The predicted octanol–water partition coefficient (Wildman–Crippen LogP) is 4.39. The Bertz CT molecular complexity index is 494. The average molecular weight is 306 g/mol. The molecule has 0 aliphatic heterocycles. The van der Waals surface area contributed by atoms with Crippen molar-refractivity contribution in [1.82, 2.24) is 0 Å². The largest absolute Gasteiger partial charge is 0.481 e.